The van der Waals surface area contributed by atoms with Crippen molar-refractivity contribution < 1.29 is 4.79 Å². The van der Waals surface area contributed by atoms with Crippen molar-refractivity contribution in [3.8, 4) is 0 Å². The molecule has 0 unspecified atom stereocenters. The van der Waals surface area contributed by atoms with E-state index in [1.54, 1.807) is 0 Å². The van der Waals surface area contributed by atoms with Crippen LogP contribution in [0.4, 0.5) is 0 Å². The molecular formula is C17H26BrNO. The molecule has 20 heavy (non-hydrogen) atoms. The Morgan fingerprint density at radius 3 is 2.55 bits per heavy atom. The lowest BCUT2D eigenvalue weighted by atomic mass is 10.1. The summed E-state index contributed by atoms with van der Waals surface area (Å²) >= 11 is 3.46. The molecule has 0 atom stereocenters. The van der Waals surface area contributed by atoms with E-state index < -0.39 is 0 Å². The predicted octanol–water partition coefficient (Wildman–Crippen LogP) is 4.34. The molecular weight excluding hydrogens is 314 g/mol. The average molecular weight is 340 g/mol. The zero-order valence-corrected chi connectivity index (χ0v) is 14.4. The van der Waals surface area contributed by atoms with Gasteiger partial charge in [-0.3, -0.25) is 4.79 Å². The van der Waals surface area contributed by atoms with Crippen LogP contribution in [0.5, 0.6) is 0 Å². The van der Waals surface area contributed by atoms with Crippen LogP contribution in [-0.4, -0.2) is 28.7 Å². The van der Waals surface area contributed by atoms with Gasteiger partial charge in [-0.2, -0.15) is 0 Å². The fraction of sp³-hybridized carbons (Fsp3) is 0.588. The van der Waals surface area contributed by atoms with E-state index in [0.717, 1.165) is 31.1 Å². The SMILES string of the molecule is CCC(CC)N(CCBr)C(=O)CCc1cccc(C)c1. The maximum absolute atomic E-state index is 12.5. The fourth-order valence-electron chi connectivity index (χ4n) is 2.59. The Hall–Kier alpha value is -0.830. The third kappa shape index (κ3) is 5.28. The summed E-state index contributed by atoms with van der Waals surface area (Å²) < 4.78 is 0. The molecule has 112 valence electrons. The second-order valence-electron chi connectivity index (χ2n) is 5.24. The van der Waals surface area contributed by atoms with Crippen molar-refractivity contribution in [2.75, 3.05) is 11.9 Å². The number of hydrogen-bond donors (Lipinski definition) is 0. The Kier molecular flexibility index (Phi) is 7.90. The van der Waals surface area contributed by atoms with E-state index in [1.807, 2.05) is 4.90 Å². The summed E-state index contributed by atoms with van der Waals surface area (Å²) in [4.78, 5) is 14.5. The lowest BCUT2D eigenvalue weighted by Crippen LogP contribution is -2.41. The zero-order chi connectivity index (χ0) is 15.0. The van der Waals surface area contributed by atoms with E-state index in [9.17, 15) is 4.79 Å². The highest BCUT2D eigenvalue weighted by Crippen LogP contribution is 2.13. The van der Waals surface area contributed by atoms with Gasteiger partial charge in [0.25, 0.3) is 0 Å². The molecule has 0 fully saturated rings. The van der Waals surface area contributed by atoms with Gasteiger partial charge >= 0.3 is 0 Å². The zero-order valence-electron chi connectivity index (χ0n) is 12.9. The first-order valence-electron chi connectivity index (χ1n) is 7.53. The summed E-state index contributed by atoms with van der Waals surface area (Å²) in [6.07, 6.45) is 3.49. The number of halogens is 1. The van der Waals surface area contributed by atoms with Gasteiger partial charge in [-0.05, 0) is 31.7 Å². The minimum atomic E-state index is 0.277. The van der Waals surface area contributed by atoms with Crippen LogP contribution in [0.2, 0.25) is 0 Å². The molecule has 0 aliphatic rings. The monoisotopic (exact) mass is 339 g/mol. The van der Waals surface area contributed by atoms with Crippen LogP contribution >= 0.6 is 15.9 Å². The van der Waals surface area contributed by atoms with E-state index in [4.69, 9.17) is 0 Å². The summed E-state index contributed by atoms with van der Waals surface area (Å²) in [5.41, 5.74) is 2.51. The van der Waals surface area contributed by atoms with Crippen molar-refractivity contribution >= 4 is 21.8 Å². The summed E-state index contributed by atoms with van der Waals surface area (Å²) in [6, 6.07) is 8.79. The minimum absolute atomic E-state index is 0.277. The number of aryl methyl sites for hydroxylation is 2. The van der Waals surface area contributed by atoms with E-state index in [2.05, 4.69) is 61.0 Å². The van der Waals surface area contributed by atoms with E-state index >= 15 is 0 Å². The fourth-order valence-corrected chi connectivity index (χ4v) is 2.98. The minimum Gasteiger partial charge on any atom is -0.339 e. The molecule has 0 spiro atoms. The smallest absolute Gasteiger partial charge is 0.223 e. The van der Waals surface area contributed by atoms with Gasteiger partial charge in [0, 0.05) is 24.3 Å². The summed E-state index contributed by atoms with van der Waals surface area (Å²) in [7, 11) is 0. The summed E-state index contributed by atoms with van der Waals surface area (Å²) in [6.45, 7) is 7.21. The molecule has 0 radical (unpaired) electrons. The van der Waals surface area contributed by atoms with Gasteiger partial charge < -0.3 is 4.90 Å². The molecule has 1 aromatic carbocycles. The van der Waals surface area contributed by atoms with Gasteiger partial charge in [0.1, 0.15) is 0 Å². The first kappa shape index (κ1) is 17.2. The Labute approximate surface area is 131 Å². The van der Waals surface area contributed by atoms with Crippen molar-refractivity contribution in [3.05, 3.63) is 35.4 Å². The first-order chi connectivity index (χ1) is 9.62. The number of carbonyl (C=O) groups is 1. The summed E-state index contributed by atoms with van der Waals surface area (Å²) in [5.74, 6) is 0.277. The molecule has 1 rings (SSSR count). The highest BCUT2D eigenvalue weighted by molar-refractivity contribution is 9.09. The largest absolute Gasteiger partial charge is 0.339 e. The average Bonchev–Trinajstić information content (AvgIpc) is 2.45. The third-order valence-electron chi connectivity index (χ3n) is 3.74. The van der Waals surface area contributed by atoms with Crippen LogP contribution in [0.1, 0.15) is 44.2 Å². The standard InChI is InChI=1S/C17H26BrNO/c1-4-16(5-2)19(12-11-18)17(20)10-9-15-8-6-7-14(3)13-15/h6-8,13,16H,4-5,9-12H2,1-3H3. The molecule has 0 heterocycles. The number of nitrogens with zero attached hydrogens (tertiary/aromatic N) is 1. The number of benzene rings is 1. The van der Waals surface area contributed by atoms with Gasteiger partial charge in [0.05, 0.1) is 0 Å². The van der Waals surface area contributed by atoms with Crippen molar-refractivity contribution in [2.24, 2.45) is 0 Å². The quantitative estimate of drug-likeness (QED) is 0.645. The lowest BCUT2D eigenvalue weighted by molar-refractivity contribution is -0.133. The first-order valence-corrected chi connectivity index (χ1v) is 8.65. The van der Waals surface area contributed by atoms with Crippen LogP contribution in [0, 0.1) is 6.92 Å². The van der Waals surface area contributed by atoms with Crippen LogP contribution in [-0.2, 0) is 11.2 Å². The molecule has 0 N–H and O–H groups in total. The molecule has 0 bridgehead atoms. The maximum atomic E-state index is 12.5. The number of rotatable bonds is 8. The molecule has 0 aliphatic heterocycles. The molecule has 1 amide bonds. The Bertz CT molecular complexity index is 415. The van der Waals surface area contributed by atoms with E-state index in [0.29, 0.717) is 12.5 Å². The molecule has 1 aromatic rings. The van der Waals surface area contributed by atoms with Gasteiger partial charge in [0.15, 0.2) is 0 Å². The third-order valence-corrected chi connectivity index (χ3v) is 4.09. The number of amides is 1. The Morgan fingerprint density at radius 2 is 2.00 bits per heavy atom. The van der Waals surface area contributed by atoms with Crippen molar-refractivity contribution in [2.45, 2.75) is 52.5 Å². The molecule has 0 aromatic heterocycles. The predicted molar refractivity (Wildman–Crippen MR) is 89.4 cm³/mol. The molecule has 2 nitrogen and oxygen atoms in total. The molecule has 0 aliphatic carbocycles. The second kappa shape index (κ2) is 9.17. The highest BCUT2D eigenvalue weighted by Gasteiger charge is 2.19. The molecule has 0 saturated heterocycles. The topological polar surface area (TPSA) is 20.3 Å². The Balaban J connectivity index is 2.62. The van der Waals surface area contributed by atoms with Gasteiger partial charge in [-0.15, -0.1) is 0 Å². The lowest BCUT2D eigenvalue weighted by Gasteiger charge is -2.30. The van der Waals surface area contributed by atoms with Crippen molar-refractivity contribution in [1.82, 2.24) is 4.90 Å². The van der Waals surface area contributed by atoms with Crippen molar-refractivity contribution in [3.63, 3.8) is 0 Å². The number of alkyl halides is 1. The summed E-state index contributed by atoms with van der Waals surface area (Å²) in [5, 5.41) is 0.847. The number of carbonyl (C=O) groups excluding carboxylic acids is 1. The molecule has 3 heteroatoms. The van der Waals surface area contributed by atoms with Gasteiger partial charge in [-0.1, -0.05) is 59.6 Å². The second-order valence-corrected chi connectivity index (χ2v) is 6.03. The van der Waals surface area contributed by atoms with Gasteiger partial charge in [0.2, 0.25) is 5.91 Å². The van der Waals surface area contributed by atoms with E-state index in [-0.39, 0.29) is 5.91 Å². The van der Waals surface area contributed by atoms with E-state index in [1.165, 1.54) is 11.1 Å². The Morgan fingerprint density at radius 1 is 1.30 bits per heavy atom. The highest BCUT2D eigenvalue weighted by atomic mass is 79.9. The maximum Gasteiger partial charge on any atom is 0.223 e. The van der Waals surface area contributed by atoms with Crippen LogP contribution in [0.3, 0.4) is 0 Å². The van der Waals surface area contributed by atoms with Gasteiger partial charge in [-0.25, -0.2) is 0 Å². The van der Waals surface area contributed by atoms with Crippen molar-refractivity contribution in [1.29, 1.82) is 0 Å². The molecule has 0 saturated carbocycles. The van der Waals surface area contributed by atoms with Crippen LogP contribution in [0.25, 0.3) is 0 Å². The number of hydrogen-bond acceptors (Lipinski definition) is 1. The van der Waals surface area contributed by atoms with Crippen LogP contribution in [0.15, 0.2) is 24.3 Å². The van der Waals surface area contributed by atoms with Crippen LogP contribution < -0.4 is 0 Å². The normalized spacial score (nSPS) is 10.8.